The number of nitrogens with zero attached hydrogens (tertiary/aromatic N) is 2. The van der Waals surface area contributed by atoms with Gasteiger partial charge in [0.05, 0.1) is 25.3 Å². The zero-order chi connectivity index (χ0) is 16.8. The van der Waals surface area contributed by atoms with Crippen LogP contribution in [0.25, 0.3) is 0 Å². The van der Waals surface area contributed by atoms with Crippen LogP contribution in [0.15, 0.2) is 73.3 Å². The first-order valence-electron chi connectivity index (χ1n) is 7.92. The van der Waals surface area contributed by atoms with E-state index in [1.807, 2.05) is 61.2 Å². The van der Waals surface area contributed by atoms with E-state index in [4.69, 9.17) is 9.47 Å². The van der Waals surface area contributed by atoms with Gasteiger partial charge in [0.25, 0.3) is 0 Å². The van der Waals surface area contributed by atoms with Crippen molar-refractivity contribution in [1.29, 1.82) is 0 Å². The van der Waals surface area contributed by atoms with Gasteiger partial charge in [0, 0.05) is 24.3 Å². The van der Waals surface area contributed by atoms with E-state index < -0.39 is 0 Å². The summed E-state index contributed by atoms with van der Waals surface area (Å²) in [5.41, 5.74) is 2.18. The molecule has 0 aliphatic carbocycles. The molecule has 0 aliphatic heterocycles. The molecule has 3 rings (SSSR count). The Bertz CT molecular complexity index is 730. The minimum Gasteiger partial charge on any atom is -1.00 e. The topological polar surface area (TPSA) is 26.2 Å². The number of benzene rings is 1. The summed E-state index contributed by atoms with van der Waals surface area (Å²) in [5, 5.41) is 0. The Balaban J connectivity index is 0.00000169. The second kappa shape index (κ2) is 10.6. The number of halogens is 2. The van der Waals surface area contributed by atoms with Gasteiger partial charge in [0.15, 0.2) is 37.9 Å². The first-order valence-corrected chi connectivity index (χ1v) is 7.92. The lowest BCUT2D eigenvalue weighted by atomic mass is 10.1. The van der Waals surface area contributed by atoms with Crippen molar-refractivity contribution < 1.29 is 43.4 Å². The predicted octanol–water partition coefficient (Wildman–Crippen LogP) is -3.62. The Hall–Kier alpha value is -2.30. The van der Waals surface area contributed by atoms with E-state index in [0.717, 1.165) is 35.7 Å². The highest BCUT2D eigenvalue weighted by atomic mass is 35.5. The van der Waals surface area contributed by atoms with Crippen LogP contribution in [0.4, 0.5) is 0 Å². The molecule has 0 unspecified atom stereocenters. The summed E-state index contributed by atoms with van der Waals surface area (Å²) >= 11 is 0. The van der Waals surface area contributed by atoms with Crippen molar-refractivity contribution in [2.24, 2.45) is 0 Å². The largest absolute Gasteiger partial charge is 1.00 e. The van der Waals surface area contributed by atoms with E-state index in [-0.39, 0.29) is 24.8 Å². The van der Waals surface area contributed by atoms with Crippen molar-refractivity contribution in [3.8, 4) is 11.5 Å². The molecule has 0 amide bonds. The van der Waals surface area contributed by atoms with Crippen LogP contribution in [0.2, 0.25) is 0 Å². The molecule has 0 spiro atoms. The zero-order valence-corrected chi connectivity index (χ0v) is 16.3. The number of pyridine rings is 2. The number of rotatable bonds is 6. The highest BCUT2D eigenvalue weighted by Crippen LogP contribution is 2.28. The zero-order valence-electron chi connectivity index (χ0n) is 14.8. The first kappa shape index (κ1) is 21.7. The van der Waals surface area contributed by atoms with Gasteiger partial charge in [-0.2, -0.15) is 0 Å². The molecule has 1 aromatic carbocycles. The summed E-state index contributed by atoms with van der Waals surface area (Å²) in [6.45, 7) is 1.47. The Morgan fingerprint density at radius 3 is 1.27 bits per heavy atom. The minimum atomic E-state index is 0. The van der Waals surface area contributed by atoms with Crippen LogP contribution < -0.4 is 43.4 Å². The normalized spacial score (nSPS) is 9.62. The van der Waals surface area contributed by atoms with Crippen LogP contribution in [-0.2, 0) is 13.1 Å². The van der Waals surface area contributed by atoms with Gasteiger partial charge < -0.3 is 34.3 Å². The second-order valence-electron chi connectivity index (χ2n) is 5.57. The molecule has 0 saturated carbocycles. The Morgan fingerprint density at radius 2 is 0.962 bits per heavy atom. The molecule has 0 saturated heterocycles. The van der Waals surface area contributed by atoms with Crippen molar-refractivity contribution in [2.45, 2.75) is 13.1 Å². The van der Waals surface area contributed by atoms with E-state index in [0.29, 0.717) is 0 Å². The maximum Gasteiger partial charge on any atom is 0.177 e. The van der Waals surface area contributed by atoms with Crippen LogP contribution in [-0.4, -0.2) is 14.2 Å². The lowest BCUT2D eigenvalue weighted by Crippen LogP contribution is -3.00. The second-order valence-corrected chi connectivity index (χ2v) is 5.57. The third-order valence-corrected chi connectivity index (χ3v) is 3.94. The standard InChI is InChI=1S/C20H22N2O2.2ClH/c1-23-19-13-18(16-22-11-7-4-8-12-22)20(24-2)14-17(19)15-21-9-5-3-6-10-21;;/h3-14H,15-16H2,1-2H3;2*1H/q+2;;/p-2. The van der Waals surface area contributed by atoms with Crippen LogP contribution in [0.5, 0.6) is 11.5 Å². The fraction of sp³-hybridized carbons (Fsp3) is 0.200. The molecule has 2 aromatic heterocycles. The molecule has 6 heteroatoms. The average Bonchev–Trinajstić information content (AvgIpc) is 2.64. The lowest BCUT2D eigenvalue weighted by Gasteiger charge is -2.12. The van der Waals surface area contributed by atoms with Crippen molar-refractivity contribution in [2.75, 3.05) is 14.2 Å². The molecule has 0 aliphatic rings. The third-order valence-electron chi connectivity index (χ3n) is 3.94. The molecule has 0 radical (unpaired) electrons. The van der Waals surface area contributed by atoms with Gasteiger partial charge in [0.1, 0.15) is 11.5 Å². The molecule has 4 nitrogen and oxygen atoms in total. The van der Waals surface area contributed by atoms with E-state index in [2.05, 4.69) is 21.3 Å². The quantitative estimate of drug-likeness (QED) is 0.405. The molecule has 0 atom stereocenters. The smallest absolute Gasteiger partial charge is 0.177 e. The van der Waals surface area contributed by atoms with E-state index >= 15 is 0 Å². The summed E-state index contributed by atoms with van der Waals surface area (Å²) in [7, 11) is 3.42. The van der Waals surface area contributed by atoms with Gasteiger partial charge in [0.2, 0.25) is 0 Å². The molecule has 2 heterocycles. The van der Waals surface area contributed by atoms with Gasteiger partial charge in [-0.25, -0.2) is 9.13 Å². The van der Waals surface area contributed by atoms with Gasteiger partial charge in [-0.05, 0) is 12.1 Å². The SMILES string of the molecule is COc1cc(C[n+]2ccccc2)c(OC)cc1C[n+]1ccccc1.[Cl-].[Cl-]. The first-order chi connectivity index (χ1) is 11.8. The summed E-state index contributed by atoms with van der Waals surface area (Å²) in [4.78, 5) is 0. The molecular weight excluding hydrogens is 371 g/mol. The van der Waals surface area contributed by atoms with Crippen LogP contribution in [0, 0.1) is 0 Å². The summed E-state index contributed by atoms with van der Waals surface area (Å²) in [6, 6.07) is 16.2. The van der Waals surface area contributed by atoms with Gasteiger partial charge >= 0.3 is 0 Å². The van der Waals surface area contributed by atoms with Crippen molar-refractivity contribution >= 4 is 0 Å². The maximum atomic E-state index is 5.62. The fourth-order valence-electron chi connectivity index (χ4n) is 2.74. The number of methoxy groups -OCH3 is 2. The molecule has 0 bridgehead atoms. The molecule has 0 fully saturated rings. The van der Waals surface area contributed by atoms with Crippen LogP contribution in [0.1, 0.15) is 11.1 Å². The van der Waals surface area contributed by atoms with Gasteiger partial charge in [-0.1, -0.05) is 12.1 Å². The van der Waals surface area contributed by atoms with Crippen molar-refractivity contribution in [3.05, 3.63) is 84.4 Å². The minimum absolute atomic E-state index is 0. The molecule has 0 N–H and O–H groups in total. The van der Waals surface area contributed by atoms with E-state index in [1.54, 1.807) is 14.2 Å². The molecule has 138 valence electrons. The monoisotopic (exact) mass is 392 g/mol. The lowest BCUT2D eigenvalue weighted by molar-refractivity contribution is -0.689. The van der Waals surface area contributed by atoms with E-state index in [9.17, 15) is 0 Å². The number of aromatic nitrogens is 2. The van der Waals surface area contributed by atoms with Crippen LogP contribution >= 0.6 is 0 Å². The van der Waals surface area contributed by atoms with Crippen molar-refractivity contribution in [3.63, 3.8) is 0 Å². The molecule has 3 aromatic rings. The van der Waals surface area contributed by atoms with Crippen molar-refractivity contribution in [1.82, 2.24) is 0 Å². The third kappa shape index (κ3) is 5.35. The number of hydrogen-bond donors (Lipinski definition) is 0. The van der Waals surface area contributed by atoms with Crippen LogP contribution in [0.3, 0.4) is 0 Å². The maximum absolute atomic E-state index is 5.62. The highest BCUT2D eigenvalue weighted by molar-refractivity contribution is 5.46. The summed E-state index contributed by atoms with van der Waals surface area (Å²) < 4.78 is 15.5. The van der Waals surface area contributed by atoms with Gasteiger partial charge in [-0.3, -0.25) is 0 Å². The Kier molecular flexibility index (Phi) is 8.90. The molecular formula is C20H22Cl2N2O2. The summed E-state index contributed by atoms with van der Waals surface area (Å²) in [5.74, 6) is 1.75. The predicted molar refractivity (Wildman–Crippen MR) is 91.0 cm³/mol. The number of hydrogen-bond acceptors (Lipinski definition) is 2. The Labute approximate surface area is 166 Å². The average molecular weight is 393 g/mol. The molecule has 26 heavy (non-hydrogen) atoms. The Morgan fingerprint density at radius 1 is 0.615 bits per heavy atom. The van der Waals surface area contributed by atoms with E-state index in [1.165, 1.54) is 0 Å². The number of ether oxygens (including phenoxy) is 2. The summed E-state index contributed by atoms with van der Waals surface area (Å²) in [6.07, 6.45) is 8.17. The highest BCUT2D eigenvalue weighted by Gasteiger charge is 2.16. The van der Waals surface area contributed by atoms with Gasteiger partial charge in [-0.15, -0.1) is 0 Å². The fourth-order valence-corrected chi connectivity index (χ4v) is 2.74.